The molecule has 0 aromatic rings. The molecule has 0 unspecified atom stereocenters. The molecule has 3 heteroatoms. The van der Waals surface area contributed by atoms with Crippen LogP contribution in [-0.2, 0) is 9.53 Å². The lowest BCUT2D eigenvalue weighted by atomic mass is 9.89. The van der Waals surface area contributed by atoms with E-state index in [4.69, 9.17) is 4.74 Å². The predicted octanol–water partition coefficient (Wildman–Crippen LogP) is 1.76. The first-order valence-corrected chi connectivity index (χ1v) is 5.41. The van der Waals surface area contributed by atoms with E-state index in [1.165, 1.54) is 6.08 Å². The van der Waals surface area contributed by atoms with Gasteiger partial charge < -0.3 is 4.74 Å². The highest BCUT2D eigenvalue weighted by Crippen LogP contribution is 2.35. The Morgan fingerprint density at radius 2 is 2.17 bits per heavy atom. The Hall–Kier alpha value is -0.440. The number of hydrogen-bond donors (Lipinski definition) is 0. The Morgan fingerprint density at radius 3 is 2.83 bits per heavy atom. The van der Waals surface area contributed by atoms with Crippen LogP contribution in [0.2, 0.25) is 0 Å². The quantitative estimate of drug-likeness (QED) is 0.574. The monoisotopic (exact) mass is 184 g/mol. The number of allylic oxidation sites excluding steroid dienone is 1. The van der Waals surface area contributed by atoms with Crippen LogP contribution in [-0.4, -0.2) is 22.9 Å². The number of hydrogen-bond acceptors (Lipinski definition) is 3. The molecule has 0 amide bonds. The van der Waals surface area contributed by atoms with E-state index in [0.717, 1.165) is 24.3 Å². The van der Waals surface area contributed by atoms with Crippen molar-refractivity contribution >= 4 is 17.5 Å². The zero-order chi connectivity index (χ0) is 8.44. The van der Waals surface area contributed by atoms with Crippen LogP contribution < -0.4 is 0 Å². The average molecular weight is 184 g/mol. The molecule has 1 spiro atoms. The predicted molar refractivity (Wildman–Crippen MR) is 49.1 cm³/mol. The van der Waals surface area contributed by atoms with E-state index < -0.39 is 0 Å². The first-order chi connectivity index (χ1) is 5.81. The van der Waals surface area contributed by atoms with Crippen LogP contribution in [0.4, 0.5) is 0 Å². The van der Waals surface area contributed by atoms with Crippen molar-refractivity contribution in [1.82, 2.24) is 0 Å². The minimum absolute atomic E-state index is 0.128. The molecule has 12 heavy (non-hydrogen) atoms. The molecule has 2 aliphatic heterocycles. The topological polar surface area (TPSA) is 26.3 Å². The van der Waals surface area contributed by atoms with Crippen LogP contribution in [0, 0.1) is 0 Å². The van der Waals surface area contributed by atoms with Gasteiger partial charge in [-0.1, -0.05) is 0 Å². The lowest BCUT2D eigenvalue weighted by molar-refractivity contribution is -0.122. The zero-order valence-electron chi connectivity index (χ0n) is 6.91. The van der Waals surface area contributed by atoms with Crippen molar-refractivity contribution in [3.05, 3.63) is 12.3 Å². The van der Waals surface area contributed by atoms with E-state index in [9.17, 15) is 4.79 Å². The fourth-order valence-electron chi connectivity index (χ4n) is 1.71. The normalized spacial score (nSPS) is 27.2. The smallest absolute Gasteiger partial charge is 0.162 e. The lowest BCUT2D eigenvalue weighted by Crippen LogP contribution is -2.39. The van der Waals surface area contributed by atoms with E-state index in [2.05, 4.69) is 0 Å². The van der Waals surface area contributed by atoms with Crippen LogP contribution in [0.3, 0.4) is 0 Å². The third-order valence-corrected chi connectivity index (χ3v) is 3.46. The summed E-state index contributed by atoms with van der Waals surface area (Å²) >= 11 is 1.95. The van der Waals surface area contributed by atoms with Gasteiger partial charge in [-0.15, -0.1) is 0 Å². The molecule has 2 aliphatic rings. The molecule has 66 valence electrons. The van der Waals surface area contributed by atoms with Crippen LogP contribution in [0.1, 0.15) is 19.3 Å². The fraction of sp³-hybridized carbons (Fsp3) is 0.667. The second kappa shape index (κ2) is 3.13. The number of carbonyl (C=O) groups is 1. The van der Waals surface area contributed by atoms with Crippen molar-refractivity contribution in [2.45, 2.75) is 24.9 Å². The van der Waals surface area contributed by atoms with Crippen LogP contribution in [0.5, 0.6) is 0 Å². The summed E-state index contributed by atoms with van der Waals surface area (Å²) in [6.07, 6.45) is 5.74. The van der Waals surface area contributed by atoms with Crippen LogP contribution >= 0.6 is 11.8 Å². The van der Waals surface area contributed by atoms with Crippen molar-refractivity contribution < 1.29 is 9.53 Å². The van der Waals surface area contributed by atoms with Gasteiger partial charge in [-0.3, -0.25) is 4.79 Å². The molecule has 0 N–H and O–H groups in total. The highest BCUT2D eigenvalue weighted by atomic mass is 32.2. The molecule has 1 fully saturated rings. The van der Waals surface area contributed by atoms with Gasteiger partial charge in [0.05, 0.1) is 12.7 Å². The third-order valence-electron chi connectivity index (χ3n) is 2.47. The summed E-state index contributed by atoms with van der Waals surface area (Å²) in [5.74, 6) is 2.47. The Kier molecular flexibility index (Phi) is 2.13. The van der Waals surface area contributed by atoms with Crippen molar-refractivity contribution in [2.24, 2.45) is 0 Å². The van der Waals surface area contributed by atoms with Gasteiger partial charge in [-0.25, -0.2) is 0 Å². The second-order valence-electron chi connectivity index (χ2n) is 3.36. The summed E-state index contributed by atoms with van der Waals surface area (Å²) in [6.45, 7) is 0. The van der Waals surface area contributed by atoms with Gasteiger partial charge in [0.25, 0.3) is 0 Å². The van der Waals surface area contributed by atoms with E-state index in [1.54, 1.807) is 6.26 Å². The van der Waals surface area contributed by atoms with E-state index in [1.807, 2.05) is 11.8 Å². The molecule has 0 saturated carbocycles. The first kappa shape index (κ1) is 8.17. The molecule has 0 atom stereocenters. The molecule has 2 rings (SSSR count). The van der Waals surface area contributed by atoms with Gasteiger partial charge in [0.15, 0.2) is 5.78 Å². The summed E-state index contributed by atoms with van der Waals surface area (Å²) in [7, 11) is 0. The molecule has 2 heterocycles. The Morgan fingerprint density at radius 1 is 1.42 bits per heavy atom. The largest absolute Gasteiger partial charge is 0.494 e. The lowest BCUT2D eigenvalue weighted by Gasteiger charge is -2.37. The summed E-state index contributed by atoms with van der Waals surface area (Å²) in [4.78, 5) is 11.2. The van der Waals surface area contributed by atoms with Crippen LogP contribution in [0.25, 0.3) is 0 Å². The number of carbonyl (C=O) groups excluding carboxylic acids is 1. The maximum atomic E-state index is 11.2. The fourth-order valence-corrected chi connectivity index (χ4v) is 2.95. The third kappa shape index (κ3) is 1.51. The van der Waals surface area contributed by atoms with Crippen molar-refractivity contribution in [3.8, 4) is 0 Å². The average Bonchev–Trinajstić information content (AvgIpc) is 2.05. The van der Waals surface area contributed by atoms with Gasteiger partial charge in [0.2, 0.25) is 0 Å². The molecular formula is C9H12O2S. The molecule has 0 aromatic heterocycles. The Bertz CT molecular complexity index is 217. The van der Waals surface area contributed by atoms with Gasteiger partial charge in [0, 0.05) is 6.08 Å². The standard InChI is InChI=1S/C9H12O2S/c10-8-1-4-11-9(7-8)2-5-12-6-3-9/h1,4H,2-3,5-7H2. The molecule has 2 nitrogen and oxygen atoms in total. The molecule has 0 aliphatic carbocycles. The highest BCUT2D eigenvalue weighted by molar-refractivity contribution is 7.99. The molecule has 0 aromatic carbocycles. The molecule has 0 radical (unpaired) electrons. The summed E-state index contributed by atoms with van der Waals surface area (Å²) in [6, 6.07) is 0. The maximum Gasteiger partial charge on any atom is 0.162 e. The molecule has 1 saturated heterocycles. The minimum atomic E-state index is -0.128. The number of ketones is 1. The summed E-state index contributed by atoms with van der Waals surface area (Å²) in [5, 5.41) is 0. The van der Waals surface area contributed by atoms with Crippen LogP contribution in [0.15, 0.2) is 12.3 Å². The van der Waals surface area contributed by atoms with Crippen molar-refractivity contribution in [3.63, 3.8) is 0 Å². The summed E-state index contributed by atoms with van der Waals surface area (Å²) < 4.78 is 5.56. The number of rotatable bonds is 0. The summed E-state index contributed by atoms with van der Waals surface area (Å²) in [5.41, 5.74) is -0.128. The molecular weight excluding hydrogens is 172 g/mol. The maximum absolute atomic E-state index is 11.2. The van der Waals surface area contributed by atoms with Gasteiger partial charge in [-0.2, -0.15) is 11.8 Å². The Balaban J connectivity index is 2.09. The van der Waals surface area contributed by atoms with Crippen molar-refractivity contribution in [2.75, 3.05) is 11.5 Å². The van der Waals surface area contributed by atoms with E-state index in [-0.39, 0.29) is 11.4 Å². The molecule has 0 bridgehead atoms. The number of ether oxygens (including phenoxy) is 1. The zero-order valence-corrected chi connectivity index (χ0v) is 7.73. The minimum Gasteiger partial charge on any atom is -0.494 e. The first-order valence-electron chi connectivity index (χ1n) is 4.26. The van der Waals surface area contributed by atoms with Gasteiger partial charge in [0.1, 0.15) is 5.60 Å². The van der Waals surface area contributed by atoms with E-state index >= 15 is 0 Å². The van der Waals surface area contributed by atoms with Gasteiger partial charge in [-0.05, 0) is 24.3 Å². The Labute approximate surface area is 76.4 Å². The SMILES string of the molecule is O=C1C=COC2(CCSCC2)C1. The van der Waals surface area contributed by atoms with Crippen molar-refractivity contribution in [1.29, 1.82) is 0 Å². The van der Waals surface area contributed by atoms with Gasteiger partial charge >= 0.3 is 0 Å². The highest BCUT2D eigenvalue weighted by Gasteiger charge is 2.36. The number of thioether (sulfide) groups is 1. The second-order valence-corrected chi connectivity index (χ2v) is 4.58. The van der Waals surface area contributed by atoms with E-state index in [0.29, 0.717) is 6.42 Å².